The summed E-state index contributed by atoms with van der Waals surface area (Å²) in [7, 11) is 0. The van der Waals surface area contributed by atoms with Crippen molar-refractivity contribution in [1.29, 1.82) is 0 Å². The first-order valence-corrected chi connectivity index (χ1v) is 6.50. The van der Waals surface area contributed by atoms with Crippen molar-refractivity contribution < 1.29 is 19.6 Å². The van der Waals surface area contributed by atoms with Crippen molar-refractivity contribution in [2.24, 2.45) is 0 Å². The number of nitro groups is 1. The number of nitro benzene ring substituents is 1. The summed E-state index contributed by atoms with van der Waals surface area (Å²) in [6, 6.07) is 10.5. The normalized spacial score (nSPS) is 10.8. The molecule has 0 fully saturated rings. The van der Waals surface area contributed by atoms with Crippen molar-refractivity contribution in [1.82, 2.24) is 0 Å². The first kappa shape index (κ1) is 13.8. The lowest BCUT2D eigenvalue weighted by Gasteiger charge is -2.00. The zero-order valence-electron chi connectivity index (χ0n) is 11.6. The van der Waals surface area contributed by atoms with Crippen LogP contribution in [0.4, 0.5) is 5.69 Å². The van der Waals surface area contributed by atoms with Crippen LogP contribution in [-0.2, 0) is 0 Å². The SMILES string of the molecule is Cc1cc2cc([N+](=O)[O-])ccc2[o+]c1-c1ccc(O)c(O)c1. The third kappa shape index (κ3) is 2.31. The van der Waals surface area contributed by atoms with E-state index < -0.39 is 4.92 Å². The van der Waals surface area contributed by atoms with Crippen molar-refractivity contribution in [2.75, 3.05) is 0 Å². The Kier molecular flexibility index (Phi) is 3.14. The Balaban J connectivity index is 2.18. The van der Waals surface area contributed by atoms with E-state index in [1.54, 1.807) is 19.1 Å². The number of phenolic OH excluding ortho intramolecular Hbond substituents is 2. The van der Waals surface area contributed by atoms with E-state index in [1.165, 1.54) is 30.3 Å². The van der Waals surface area contributed by atoms with E-state index in [0.717, 1.165) is 5.56 Å². The predicted molar refractivity (Wildman–Crippen MR) is 80.8 cm³/mol. The monoisotopic (exact) mass is 298 g/mol. The van der Waals surface area contributed by atoms with Gasteiger partial charge >= 0.3 is 11.3 Å². The number of hydrogen-bond donors (Lipinski definition) is 2. The van der Waals surface area contributed by atoms with Crippen LogP contribution in [0.25, 0.3) is 22.3 Å². The van der Waals surface area contributed by atoms with E-state index in [0.29, 0.717) is 22.3 Å². The molecule has 0 spiro atoms. The van der Waals surface area contributed by atoms with Crippen LogP contribution in [0.15, 0.2) is 46.9 Å². The van der Waals surface area contributed by atoms with Gasteiger partial charge in [0.05, 0.1) is 27.5 Å². The van der Waals surface area contributed by atoms with Gasteiger partial charge in [0.25, 0.3) is 5.69 Å². The summed E-state index contributed by atoms with van der Waals surface area (Å²) >= 11 is 0. The van der Waals surface area contributed by atoms with E-state index >= 15 is 0 Å². The molecule has 110 valence electrons. The number of hydrogen-bond acceptors (Lipinski definition) is 4. The molecule has 0 saturated carbocycles. The Labute approximate surface area is 125 Å². The van der Waals surface area contributed by atoms with Crippen molar-refractivity contribution in [3.8, 4) is 22.8 Å². The maximum Gasteiger partial charge on any atom is 0.363 e. The minimum Gasteiger partial charge on any atom is -0.504 e. The number of rotatable bonds is 2. The number of aryl methyl sites for hydroxylation is 1. The molecule has 0 unspecified atom stereocenters. The number of fused-ring (bicyclic) bond motifs is 1. The molecule has 6 heteroatoms. The molecule has 0 saturated heterocycles. The maximum absolute atomic E-state index is 10.8. The molecule has 1 heterocycles. The highest BCUT2D eigenvalue weighted by atomic mass is 16.6. The van der Waals surface area contributed by atoms with Crippen LogP contribution in [0.1, 0.15) is 5.56 Å². The minimum atomic E-state index is -0.458. The van der Waals surface area contributed by atoms with Crippen LogP contribution in [0, 0.1) is 17.0 Å². The van der Waals surface area contributed by atoms with E-state index in [-0.39, 0.29) is 17.2 Å². The topological polar surface area (TPSA) is 94.9 Å². The molecule has 2 aromatic carbocycles. The molecular weight excluding hydrogens is 286 g/mol. The summed E-state index contributed by atoms with van der Waals surface area (Å²) in [6.07, 6.45) is 0. The minimum absolute atomic E-state index is 0.00266. The van der Waals surface area contributed by atoms with Gasteiger partial charge in [-0.15, -0.1) is 0 Å². The van der Waals surface area contributed by atoms with Gasteiger partial charge in [-0.25, -0.2) is 4.42 Å². The second kappa shape index (κ2) is 5.00. The number of non-ortho nitro benzene ring substituents is 1. The Bertz CT molecular complexity index is 904. The third-order valence-electron chi connectivity index (χ3n) is 3.38. The highest BCUT2D eigenvalue weighted by Crippen LogP contribution is 2.34. The van der Waals surface area contributed by atoms with Crippen LogP contribution >= 0.6 is 0 Å². The van der Waals surface area contributed by atoms with Gasteiger partial charge in [-0.05, 0) is 25.1 Å². The Morgan fingerprint density at radius 2 is 1.82 bits per heavy atom. The summed E-state index contributed by atoms with van der Waals surface area (Å²) in [5.41, 5.74) is 1.86. The largest absolute Gasteiger partial charge is 0.504 e. The molecule has 1 aromatic heterocycles. The quantitative estimate of drug-likeness (QED) is 0.322. The van der Waals surface area contributed by atoms with Crippen LogP contribution < -0.4 is 0 Å². The Hall–Kier alpha value is -3.15. The third-order valence-corrected chi connectivity index (χ3v) is 3.38. The van der Waals surface area contributed by atoms with Gasteiger partial charge in [0, 0.05) is 18.2 Å². The predicted octanol–water partition coefficient (Wildman–Crippen LogP) is 4.01. The molecule has 0 bridgehead atoms. The first-order valence-electron chi connectivity index (χ1n) is 6.50. The molecule has 0 aliphatic rings. The summed E-state index contributed by atoms with van der Waals surface area (Å²) in [5.74, 6) is 0.0744. The molecule has 3 rings (SSSR count). The molecule has 6 nitrogen and oxygen atoms in total. The zero-order valence-corrected chi connectivity index (χ0v) is 11.6. The summed E-state index contributed by atoms with van der Waals surface area (Å²) < 4.78 is 5.79. The highest BCUT2D eigenvalue weighted by molar-refractivity contribution is 5.82. The molecule has 0 amide bonds. The van der Waals surface area contributed by atoms with Crippen molar-refractivity contribution in [3.63, 3.8) is 0 Å². The van der Waals surface area contributed by atoms with Gasteiger partial charge < -0.3 is 10.2 Å². The lowest BCUT2D eigenvalue weighted by atomic mass is 10.1. The summed E-state index contributed by atoms with van der Waals surface area (Å²) in [4.78, 5) is 10.4. The van der Waals surface area contributed by atoms with Gasteiger partial charge in [0.15, 0.2) is 11.5 Å². The van der Waals surface area contributed by atoms with Crippen LogP contribution in [0.5, 0.6) is 11.5 Å². The number of nitrogens with zero attached hydrogens (tertiary/aromatic N) is 1. The molecule has 2 N–H and O–H groups in total. The van der Waals surface area contributed by atoms with Gasteiger partial charge in [0.2, 0.25) is 0 Å². The fourth-order valence-corrected chi connectivity index (χ4v) is 2.30. The number of benzene rings is 2. The smallest absolute Gasteiger partial charge is 0.363 e. The Morgan fingerprint density at radius 1 is 1.05 bits per heavy atom. The summed E-state index contributed by atoms with van der Waals surface area (Å²) in [6.45, 7) is 1.81. The average molecular weight is 298 g/mol. The second-order valence-corrected chi connectivity index (χ2v) is 4.94. The average Bonchev–Trinajstić information content (AvgIpc) is 2.48. The molecule has 22 heavy (non-hydrogen) atoms. The lowest BCUT2D eigenvalue weighted by molar-refractivity contribution is -0.384. The highest BCUT2D eigenvalue weighted by Gasteiger charge is 2.21. The van der Waals surface area contributed by atoms with Crippen molar-refractivity contribution in [3.05, 3.63) is 58.1 Å². The molecule has 0 aliphatic carbocycles. The van der Waals surface area contributed by atoms with Crippen LogP contribution in [-0.4, -0.2) is 15.1 Å². The number of phenols is 2. The Morgan fingerprint density at radius 3 is 2.50 bits per heavy atom. The summed E-state index contributed by atoms with van der Waals surface area (Å²) in [5, 5.41) is 30.4. The molecular formula is C16H12NO5+. The molecule has 0 aliphatic heterocycles. The maximum atomic E-state index is 10.8. The van der Waals surface area contributed by atoms with Gasteiger partial charge in [-0.1, -0.05) is 0 Å². The first-order chi connectivity index (χ1) is 10.5. The van der Waals surface area contributed by atoms with Gasteiger partial charge in [-0.2, -0.15) is 0 Å². The zero-order chi connectivity index (χ0) is 15.9. The van der Waals surface area contributed by atoms with E-state index in [9.17, 15) is 20.3 Å². The molecule has 0 radical (unpaired) electrons. The van der Waals surface area contributed by atoms with Crippen LogP contribution in [0.3, 0.4) is 0 Å². The van der Waals surface area contributed by atoms with Crippen molar-refractivity contribution >= 4 is 16.7 Å². The standard InChI is InChI=1S/C16H11NO5/c1-9-6-11-7-12(17(20)21)3-5-15(11)22-16(9)10-2-4-13(18)14(19)8-10/h2-8H,1H3,(H-,18,19)/p+1. The number of aromatic hydroxyl groups is 2. The fourth-order valence-electron chi connectivity index (χ4n) is 2.30. The fraction of sp³-hybridized carbons (Fsp3) is 0.0625. The van der Waals surface area contributed by atoms with E-state index in [1.807, 2.05) is 0 Å². The molecule has 0 atom stereocenters. The van der Waals surface area contributed by atoms with E-state index in [2.05, 4.69) is 0 Å². The van der Waals surface area contributed by atoms with Crippen molar-refractivity contribution in [2.45, 2.75) is 6.92 Å². The second-order valence-electron chi connectivity index (χ2n) is 4.94. The van der Waals surface area contributed by atoms with Gasteiger partial charge in [0.1, 0.15) is 0 Å². The molecule has 3 aromatic rings. The van der Waals surface area contributed by atoms with Crippen LogP contribution in [0.2, 0.25) is 0 Å². The van der Waals surface area contributed by atoms with E-state index in [4.69, 9.17) is 4.42 Å². The lowest BCUT2D eigenvalue weighted by Crippen LogP contribution is -1.89. The van der Waals surface area contributed by atoms with Gasteiger partial charge in [-0.3, -0.25) is 10.1 Å².